The van der Waals surface area contributed by atoms with Gasteiger partial charge in [0.1, 0.15) is 12.4 Å². The summed E-state index contributed by atoms with van der Waals surface area (Å²) in [5.74, 6) is 1.43. The van der Waals surface area contributed by atoms with Gasteiger partial charge in [0.25, 0.3) is 0 Å². The SMILES string of the molecule is C=C(Cl)CSc1nnc(C2CC2)n1CC(N)=O. The normalized spacial score (nSPS) is 14.9. The molecule has 5 nitrogen and oxygen atoms in total. The zero-order chi connectivity index (χ0) is 12.4. The van der Waals surface area contributed by atoms with Crippen LogP contribution in [0.15, 0.2) is 16.8 Å². The molecule has 1 aliphatic carbocycles. The molecule has 0 saturated heterocycles. The summed E-state index contributed by atoms with van der Waals surface area (Å²) in [5.41, 5.74) is 5.23. The van der Waals surface area contributed by atoms with Gasteiger partial charge in [0, 0.05) is 16.7 Å². The molecule has 92 valence electrons. The summed E-state index contributed by atoms with van der Waals surface area (Å²) in [7, 11) is 0. The molecule has 0 aromatic carbocycles. The summed E-state index contributed by atoms with van der Waals surface area (Å²) in [6, 6.07) is 0. The van der Waals surface area contributed by atoms with E-state index in [0.717, 1.165) is 18.7 Å². The van der Waals surface area contributed by atoms with Gasteiger partial charge in [-0.1, -0.05) is 29.9 Å². The van der Waals surface area contributed by atoms with Crippen molar-refractivity contribution in [1.82, 2.24) is 14.8 Å². The number of nitrogens with zero attached hydrogens (tertiary/aromatic N) is 3. The predicted molar refractivity (Wildman–Crippen MR) is 66.9 cm³/mol. The van der Waals surface area contributed by atoms with Crippen LogP contribution in [-0.4, -0.2) is 26.4 Å². The van der Waals surface area contributed by atoms with Crippen molar-refractivity contribution in [2.24, 2.45) is 5.73 Å². The average molecular weight is 273 g/mol. The number of thioether (sulfide) groups is 1. The highest BCUT2D eigenvalue weighted by atomic mass is 35.5. The minimum Gasteiger partial charge on any atom is -0.368 e. The Kier molecular flexibility index (Phi) is 3.73. The van der Waals surface area contributed by atoms with Crippen LogP contribution >= 0.6 is 23.4 Å². The molecule has 0 spiro atoms. The van der Waals surface area contributed by atoms with E-state index >= 15 is 0 Å². The van der Waals surface area contributed by atoms with Crippen molar-refractivity contribution in [3.63, 3.8) is 0 Å². The van der Waals surface area contributed by atoms with E-state index in [4.69, 9.17) is 17.3 Å². The third-order valence-electron chi connectivity index (χ3n) is 2.36. The van der Waals surface area contributed by atoms with E-state index in [0.29, 0.717) is 21.9 Å². The average Bonchev–Trinajstić information content (AvgIpc) is 2.99. The highest BCUT2D eigenvalue weighted by molar-refractivity contribution is 7.99. The molecular weight excluding hydrogens is 260 g/mol. The molecule has 0 unspecified atom stereocenters. The summed E-state index contributed by atoms with van der Waals surface area (Å²) >= 11 is 7.12. The van der Waals surface area contributed by atoms with E-state index in [1.54, 1.807) is 4.57 Å². The van der Waals surface area contributed by atoms with Crippen LogP contribution in [0.4, 0.5) is 0 Å². The largest absolute Gasteiger partial charge is 0.368 e. The molecule has 1 fully saturated rings. The maximum atomic E-state index is 11.0. The Balaban J connectivity index is 2.18. The van der Waals surface area contributed by atoms with Crippen LogP contribution in [0.3, 0.4) is 0 Å². The van der Waals surface area contributed by atoms with Crippen LogP contribution < -0.4 is 5.73 Å². The molecule has 7 heteroatoms. The molecule has 2 rings (SSSR count). The Morgan fingerprint density at radius 2 is 2.29 bits per heavy atom. The molecular formula is C10H13ClN4OS. The number of hydrogen-bond donors (Lipinski definition) is 1. The van der Waals surface area contributed by atoms with Crippen LogP contribution in [0, 0.1) is 0 Å². The van der Waals surface area contributed by atoms with Gasteiger partial charge in [0.2, 0.25) is 5.91 Å². The van der Waals surface area contributed by atoms with Crippen molar-refractivity contribution in [1.29, 1.82) is 0 Å². The molecule has 1 aromatic heterocycles. The summed E-state index contributed by atoms with van der Waals surface area (Å²) < 4.78 is 1.78. The first-order chi connectivity index (χ1) is 8.08. The van der Waals surface area contributed by atoms with Crippen molar-refractivity contribution >= 4 is 29.3 Å². The van der Waals surface area contributed by atoms with Crippen molar-refractivity contribution in [3.05, 3.63) is 17.4 Å². The summed E-state index contributed by atoms with van der Waals surface area (Å²) in [6.45, 7) is 3.73. The topological polar surface area (TPSA) is 73.8 Å². The van der Waals surface area contributed by atoms with E-state index in [1.165, 1.54) is 11.8 Å². The molecule has 1 amide bonds. The molecule has 0 atom stereocenters. The van der Waals surface area contributed by atoms with E-state index in [9.17, 15) is 4.79 Å². The Morgan fingerprint density at radius 3 is 2.82 bits per heavy atom. The van der Waals surface area contributed by atoms with E-state index in [-0.39, 0.29) is 6.54 Å². The Hall–Kier alpha value is -1.01. The lowest BCUT2D eigenvalue weighted by Crippen LogP contribution is -2.20. The lowest BCUT2D eigenvalue weighted by atomic mass is 10.4. The number of halogens is 1. The second-order valence-corrected chi connectivity index (χ2v) is 5.45. The Morgan fingerprint density at radius 1 is 1.59 bits per heavy atom. The monoisotopic (exact) mass is 272 g/mol. The standard InChI is InChI=1S/C10H13ClN4OS/c1-6(11)5-17-10-14-13-9(7-2-3-7)15(10)4-8(12)16/h7H,1-5H2,(H2,12,16). The second kappa shape index (κ2) is 5.10. The first-order valence-corrected chi connectivity index (χ1v) is 6.61. The molecule has 1 saturated carbocycles. The fraction of sp³-hybridized carbons (Fsp3) is 0.500. The summed E-state index contributed by atoms with van der Waals surface area (Å²) in [5, 5.41) is 9.40. The van der Waals surface area contributed by atoms with Gasteiger partial charge in [-0.25, -0.2) is 0 Å². The lowest BCUT2D eigenvalue weighted by Gasteiger charge is -2.06. The lowest BCUT2D eigenvalue weighted by molar-refractivity contribution is -0.118. The van der Waals surface area contributed by atoms with E-state index in [1.807, 2.05) is 0 Å². The Bertz CT molecular complexity index is 455. The van der Waals surface area contributed by atoms with Crippen molar-refractivity contribution in [2.45, 2.75) is 30.5 Å². The molecule has 2 N–H and O–H groups in total. The third kappa shape index (κ3) is 3.23. The minimum absolute atomic E-state index is 0.121. The van der Waals surface area contributed by atoms with Crippen LogP contribution in [0.1, 0.15) is 24.6 Å². The molecule has 1 aromatic rings. The van der Waals surface area contributed by atoms with Gasteiger partial charge >= 0.3 is 0 Å². The number of carbonyl (C=O) groups is 1. The predicted octanol–water partition coefficient (Wildman–Crippen LogP) is 1.49. The zero-order valence-electron chi connectivity index (χ0n) is 9.23. The van der Waals surface area contributed by atoms with E-state index in [2.05, 4.69) is 16.8 Å². The molecule has 1 heterocycles. The fourth-order valence-electron chi connectivity index (χ4n) is 1.50. The fourth-order valence-corrected chi connectivity index (χ4v) is 2.36. The third-order valence-corrected chi connectivity index (χ3v) is 3.70. The smallest absolute Gasteiger partial charge is 0.237 e. The van der Waals surface area contributed by atoms with Crippen LogP contribution in [0.5, 0.6) is 0 Å². The maximum Gasteiger partial charge on any atom is 0.237 e. The Labute approximate surface area is 108 Å². The van der Waals surface area contributed by atoms with Gasteiger partial charge in [0.05, 0.1) is 0 Å². The first kappa shape index (κ1) is 12.4. The van der Waals surface area contributed by atoms with Gasteiger partial charge < -0.3 is 5.73 Å². The maximum absolute atomic E-state index is 11.0. The molecule has 0 aliphatic heterocycles. The summed E-state index contributed by atoms with van der Waals surface area (Å²) in [6.07, 6.45) is 2.20. The molecule has 0 bridgehead atoms. The highest BCUT2D eigenvalue weighted by Gasteiger charge is 2.30. The van der Waals surface area contributed by atoms with Gasteiger partial charge in [-0.3, -0.25) is 9.36 Å². The summed E-state index contributed by atoms with van der Waals surface area (Å²) in [4.78, 5) is 11.0. The molecule has 17 heavy (non-hydrogen) atoms. The number of nitrogens with two attached hydrogens (primary N) is 1. The minimum atomic E-state index is -0.391. The quantitative estimate of drug-likeness (QED) is 0.796. The number of carbonyl (C=O) groups excluding carboxylic acids is 1. The number of rotatable bonds is 6. The van der Waals surface area contributed by atoms with Crippen molar-refractivity contribution < 1.29 is 4.79 Å². The number of hydrogen-bond acceptors (Lipinski definition) is 4. The van der Waals surface area contributed by atoms with Crippen LogP contribution in [-0.2, 0) is 11.3 Å². The van der Waals surface area contributed by atoms with Crippen LogP contribution in [0.25, 0.3) is 0 Å². The molecule has 1 aliphatic rings. The van der Waals surface area contributed by atoms with Gasteiger partial charge in [-0.05, 0) is 12.8 Å². The van der Waals surface area contributed by atoms with Gasteiger partial charge in [-0.15, -0.1) is 10.2 Å². The van der Waals surface area contributed by atoms with Crippen LogP contribution in [0.2, 0.25) is 0 Å². The zero-order valence-corrected chi connectivity index (χ0v) is 10.8. The number of primary amides is 1. The molecule has 0 radical (unpaired) electrons. The van der Waals surface area contributed by atoms with Crippen molar-refractivity contribution in [3.8, 4) is 0 Å². The first-order valence-electron chi connectivity index (χ1n) is 5.25. The van der Waals surface area contributed by atoms with Gasteiger partial charge in [0.15, 0.2) is 5.16 Å². The number of aromatic nitrogens is 3. The van der Waals surface area contributed by atoms with Crippen molar-refractivity contribution in [2.75, 3.05) is 5.75 Å². The number of amides is 1. The second-order valence-electron chi connectivity index (χ2n) is 3.97. The van der Waals surface area contributed by atoms with Gasteiger partial charge in [-0.2, -0.15) is 0 Å². The highest BCUT2D eigenvalue weighted by Crippen LogP contribution is 2.40. The van der Waals surface area contributed by atoms with E-state index < -0.39 is 5.91 Å².